The molecule has 0 fully saturated rings. The molecular formula is C5H14NO4PS. The molecule has 1 atom stereocenters. The summed E-state index contributed by atoms with van der Waals surface area (Å²) in [5.41, 5.74) is 5.48. The van der Waals surface area contributed by atoms with Gasteiger partial charge in [0, 0.05) is 11.8 Å². The van der Waals surface area contributed by atoms with Crippen LogP contribution in [0.5, 0.6) is 0 Å². The normalized spacial score (nSPS) is 14.7. The van der Waals surface area contributed by atoms with Gasteiger partial charge in [-0.25, -0.2) is 4.57 Å². The van der Waals surface area contributed by atoms with Crippen molar-refractivity contribution in [3.8, 4) is 0 Å². The molecule has 0 unspecified atom stereocenters. The molecule has 0 aliphatic rings. The first-order valence-electron chi connectivity index (χ1n) is 3.49. The van der Waals surface area contributed by atoms with Gasteiger partial charge in [-0.15, -0.1) is 0 Å². The third-order valence-corrected chi connectivity index (χ3v) is 2.55. The maximum atomic E-state index is 10.2. The highest BCUT2D eigenvalue weighted by atomic mass is 32.2. The van der Waals surface area contributed by atoms with Gasteiger partial charge in [0.1, 0.15) is 0 Å². The highest BCUT2D eigenvalue weighted by Gasteiger charge is 2.15. The third-order valence-electron chi connectivity index (χ3n) is 0.993. The van der Waals surface area contributed by atoms with E-state index in [9.17, 15) is 4.57 Å². The summed E-state index contributed by atoms with van der Waals surface area (Å²) in [7, 11) is -4.34. The smallest absolute Gasteiger partial charge is 0.325 e. The molecule has 0 rings (SSSR count). The van der Waals surface area contributed by atoms with Crippen LogP contribution in [0.4, 0.5) is 0 Å². The molecule has 0 aromatic rings. The van der Waals surface area contributed by atoms with Crippen molar-refractivity contribution in [1.82, 2.24) is 0 Å². The maximum absolute atomic E-state index is 10.2. The van der Waals surface area contributed by atoms with E-state index in [0.29, 0.717) is 5.75 Å². The van der Waals surface area contributed by atoms with E-state index in [0.717, 1.165) is 5.75 Å². The SMILES string of the molecule is CCSC[C@@H](N)COP(=O)(O)O. The van der Waals surface area contributed by atoms with Gasteiger partial charge in [-0.2, -0.15) is 11.8 Å². The average molecular weight is 215 g/mol. The molecule has 0 amide bonds. The van der Waals surface area contributed by atoms with Gasteiger partial charge in [0.25, 0.3) is 0 Å². The molecule has 0 aromatic carbocycles. The average Bonchev–Trinajstić information content (AvgIpc) is 1.95. The Bertz CT molecular complexity index is 162. The van der Waals surface area contributed by atoms with Crippen molar-refractivity contribution in [1.29, 1.82) is 0 Å². The molecule has 0 radical (unpaired) electrons. The molecule has 0 heterocycles. The van der Waals surface area contributed by atoms with Gasteiger partial charge in [0.05, 0.1) is 6.61 Å². The Morgan fingerprint density at radius 3 is 2.67 bits per heavy atom. The first kappa shape index (κ1) is 12.4. The van der Waals surface area contributed by atoms with E-state index in [2.05, 4.69) is 4.52 Å². The molecule has 0 aliphatic carbocycles. The Labute approximate surface area is 75.9 Å². The molecule has 74 valence electrons. The predicted octanol–water partition coefficient (Wildman–Crippen LogP) is 0.176. The number of hydrogen-bond acceptors (Lipinski definition) is 4. The van der Waals surface area contributed by atoms with Crippen LogP contribution in [0.1, 0.15) is 6.92 Å². The Kier molecular flexibility index (Phi) is 6.17. The third kappa shape index (κ3) is 8.52. The van der Waals surface area contributed by atoms with E-state index in [1.807, 2.05) is 6.92 Å². The molecule has 4 N–H and O–H groups in total. The van der Waals surface area contributed by atoms with Crippen LogP contribution >= 0.6 is 19.6 Å². The lowest BCUT2D eigenvalue weighted by Crippen LogP contribution is -2.28. The molecule has 0 saturated heterocycles. The summed E-state index contributed by atoms with van der Waals surface area (Å²) < 4.78 is 14.4. The molecule has 12 heavy (non-hydrogen) atoms. The number of nitrogens with two attached hydrogens (primary N) is 1. The van der Waals surface area contributed by atoms with Gasteiger partial charge >= 0.3 is 7.82 Å². The summed E-state index contributed by atoms with van der Waals surface area (Å²) in [5.74, 6) is 1.58. The zero-order valence-electron chi connectivity index (χ0n) is 6.84. The molecule has 7 heteroatoms. The molecule has 0 aromatic heterocycles. The highest BCUT2D eigenvalue weighted by molar-refractivity contribution is 7.99. The van der Waals surface area contributed by atoms with Crippen LogP contribution in [0.15, 0.2) is 0 Å². The van der Waals surface area contributed by atoms with Gasteiger partial charge in [-0.1, -0.05) is 6.92 Å². The molecule has 0 saturated carbocycles. The summed E-state index contributed by atoms with van der Waals surface area (Å²) in [6.45, 7) is 1.89. The van der Waals surface area contributed by atoms with Gasteiger partial charge in [0.15, 0.2) is 0 Å². The van der Waals surface area contributed by atoms with Crippen LogP contribution in [0.3, 0.4) is 0 Å². The summed E-state index contributed by atoms with van der Waals surface area (Å²) in [5, 5.41) is 0. The second-order valence-electron chi connectivity index (χ2n) is 2.21. The van der Waals surface area contributed by atoms with E-state index in [4.69, 9.17) is 15.5 Å². The summed E-state index contributed by atoms with van der Waals surface area (Å²) in [6.07, 6.45) is 0. The summed E-state index contributed by atoms with van der Waals surface area (Å²) >= 11 is 1.61. The van der Waals surface area contributed by atoms with Crippen LogP contribution in [0.2, 0.25) is 0 Å². The quantitative estimate of drug-likeness (QED) is 0.547. The van der Waals surface area contributed by atoms with Gasteiger partial charge in [-0.3, -0.25) is 4.52 Å². The van der Waals surface area contributed by atoms with Crippen molar-refractivity contribution in [3.05, 3.63) is 0 Å². The number of phosphoric ester groups is 1. The van der Waals surface area contributed by atoms with Crippen LogP contribution in [0.25, 0.3) is 0 Å². The summed E-state index contributed by atoms with van der Waals surface area (Å²) in [4.78, 5) is 16.6. The van der Waals surface area contributed by atoms with E-state index in [1.165, 1.54) is 0 Å². The molecule has 0 spiro atoms. The minimum absolute atomic E-state index is 0.0999. The standard InChI is InChI=1S/C5H14NO4PS/c1-2-12-4-5(6)3-10-11(7,8)9/h5H,2-4,6H2,1H3,(H2,7,8,9)/t5-/m0/s1. The zero-order chi connectivity index (χ0) is 9.61. The van der Waals surface area contributed by atoms with E-state index < -0.39 is 7.82 Å². The van der Waals surface area contributed by atoms with Crippen molar-refractivity contribution in [3.63, 3.8) is 0 Å². The first-order valence-corrected chi connectivity index (χ1v) is 6.17. The fraction of sp³-hybridized carbons (Fsp3) is 1.00. The zero-order valence-corrected chi connectivity index (χ0v) is 8.55. The minimum atomic E-state index is -4.34. The Hall–Kier alpha value is 0.420. The molecule has 5 nitrogen and oxygen atoms in total. The van der Waals surface area contributed by atoms with E-state index >= 15 is 0 Å². The van der Waals surface area contributed by atoms with Crippen molar-refractivity contribution in [2.24, 2.45) is 5.73 Å². The van der Waals surface area contributed by atoms with Gasteiger partial charge in [0.2, 0.25) is 0 Å². The van der Waals surface area contributed by atoms with Crippen molar-refractivity contribution in [2.45, 2.75) is 13.0 Å². The van der Waals surface area contributed by atoms with Gasteiger partial charge < -0.3 is 15.5 Å². The van der Waals surface area contributed by atoms with Crippen LogP contribution < -0.4 is 5.73 Å². The topological polar surface area (TPSA) is 92.8 Å². The first-order chi connectivity index (χ1) is 5.45. The van der Waals surface area contributed by atoms with Crippen molar-refractivity contribution < 1.29 is 18.9 Å². The van der Waals surface area contributed by atoms with E-state index in [-0.39, 0.29) is 12.6 Å². The monoisotopic (exact) mass is 215 g/mol. The lowest BCUT2D eigenvalue weighted by Gasteiger charge is -2.11. The van der Waals surface area contributed by atoms with Crippen LogP contribution in [0, 0.1) is 0 Å². The number of hydrogen-bond donors (Lipinski definition) is 3. The van der Waals surface area contributed by atoms with Crippen molar-refractivity contribution in [2.75, 3.05) is 18.1 Å². The van der Waals surface area contributed by atoms with Gasteiger partial charge in [-0.05, 0) is 5.75 Å². The number of rotatable bonds is 6. The van der Waals surface area contributed by atoms with Crippen molar-refractivity contribution >= 4 is 19.6 Å². The van der Waals surface area contributed by atoms with Crippen LogP contribution in [-0.2, 0) is 9.09 Å². The molecule has 0 aliphatic heterocycles. The Balaban J connectivity index is 3.44. The van der Waals surface area contributed by atoms with E-state index in [1.54, 1.807) is 11.8 Å². The predicted molar refractivity (Wildman–Crippen MR) is 49.0 cm³/mol. The summed E-state index contributed by atoms with van der Waals surface area (Å²) in [6, 6.07) is -0.317. The Morgan fingerprint density at radius 1 is 1.67 bits per heavy atom. The fourth-order valence-corrected chi connectivity index (χ4v) is 1.53. The van der Waals surface area contributed by atoms with Crippen LogP contribution in [-0.4, -0.2) is 33.9 Å². The highest BCUT2D eigenvalue weighted by Crippen LogP contribution is 2.35. The lowest BCUT2D eigenvalue weighted by atomic mass is 10.4. The maximum Gasteiger partial charge on any atom is 0.469 e. The second-order valence-corrected chi connectivity index (χ2v) is 4.76. The number of phosphoric acid groups is 1. The molecular weight excluding hydrogens is 201 g/mol. The second kappa shape index (κ2) is 5.96. The fourth-order valence-electron chi connectivity index (χ4n) is 0.510. The Morgan fingerprint density at radius 2 is 2.25 bits per heavy atom. The largest absolute Gasteiger partial charge is 0.469 e. The number of thioether (sulfide) groups is 1. The molecule has 0 bridgehead atoms. The minimum Gasteiger partial charge on any atom is -0.325 e. The lowest BCUT2D eigenvalue weighted by molar-refractivity contribution is 0.190.